The molecule has 0 aliphatic carbocycles. The predicted molar refractivity (Wildman–Crippen MR) is 79.6 cm³/mol. The van der Waals surface area contributed by atoms with Gasteiger partial charge in [0.15, 0.2) is 0 Å². The van der Waals surface area contributed by atoms with Crippen molar-refractivity contribution < 1.29 is 9.21 Å². The summed E-state index contributed by atoms with van der Waals surface area (Å²) in [5.74, 6) is 0.826. The third kappa shape index (κ3) is 4.61. The summed E-state index contributed by atoms with van der Waals surface area (Å²) in [6, 6.07) is 7.29. The molecule has 0 aliphatic rings. The van der Waals surface area contributed by atoms with Gasteiger partial charge in [0.1, 0.15) is 5.76 Å². The molecule has 21 heavy (non-hydrogen) atoms. The standard InChI is InChI=1S/C15H20N4O2/c1-19(2)13(14-6-4-8-21-14)11-18-15(20)17-10-12-5-3-7-16-9-12/h3-9,13H,10-11H2,1-2H3,(H2,17,18,20)/t13-/m1/s1. The summed E-state index contributed by atoms with van der Waals surface area (Å²) in [5.41, 5.74) is 0.961. The Labute approximate surface area is 124 Å². The Kier molecular flexibility index (Phi) is 5.34. The topological polar surface area (TPSA) is 70.4 Å². The van der Waals surface area contributed by atoms with Crippen LogP contribution in [0.25, 0.3) is 0 Å². The molecule has 0 bridgehead atoms. The van der Waals surface area contributed by atoms with E-state index in [4.69, 9.17) is 4.42 Å². The summed E-state index contributed by atoms with van der Waals surface area (Å²) < 4.78 is 5.40. The maximum atomic E-state index is 11.8. The van der Waals surface area contributed by atoms with Crippen molar-refractivity contribution in [2.45, 2.75) is 12.6 Å². The Morgan fingerprint density at radius 3 is 2.81 bits per heavy atom. The maximum absolute atomic E-state index is 11.8. The molecule has 0 aromatic carbocycles. The molecule has 0 aliphatic heterocycles. The molecule has 1 atom stereocenters. The molecule has 112 valence electrons. The second-order valence-corrected chi connectivity index (χ2v) is 4.92. The van der Waals surface area contributed by atoms with Gasteiger partial charge in [-0.1, -0.05) is 6.07 Å². The molecule has 2 heterocycles. The molecule has 6 heteroatoms. The fourth-order valence-electron chi connectivity index (χ4n) is 1.96. The van der Waals surface area contributed by atoms with E-state index in [0.717, 1.165) is 11.3 Å². The Balaban J connectivity index is 1.80. The van der Waals surface area contributed by atoms with E-state index in [-0.39, 0.29) is 12.1 Å². The van der Waals surface area contributed by atoms with Crippen LogP contribution in [0.2, 0.25) is 0 Å². The number of carbonyl (C=O) groups is 1. The highest BCUT2D eigenvalue weighted by atomic mass is 16.3. The van der Waals surface area contributed by atoms with Gasteiger partial charge in [0.05, 0.1) is 12.3 Å². The number of amides is 2. The van der Waals surface area contributed by atoms with Gasteiger partial charge in [0.25, 0.3) is 0 Å². The van der Waals surface area contributed by atoms with Crippen molar-refractivity contribution in [3.05, 3.63) is 54.2 Å². The van der Waals surface area contributed by atoms with Crippen LogP contribution >= 0.6 is 0 Å². The van der Waals surface area contributed by atoms with Gasteiger partial charge in [-0.05, 0) is 37.9 Å². The highest BCUT2D eigenvalue weighted by Crippen LogP contribution is 2.17. The first kappa shape index (κ1) is 15.1. The average Bonchev–Trinajstić information content (AvgIpc) is 3.00. The van der Waals surface area contributed by atoms with Gasteiger partial charge in [-0.2, -0.15) is 0 Å². The molecule has 2 amide bonds. The molecule has 2 N–H and O–H groups in total. The molecule has 2 aromatic heterocycles. The third-order valence-electron chi connectivity index (χ3n) is 3.13. The van der Waals surface area contributed by atoms with E-state index >= 15 is 0 Å². The first-order valence-electron chi connectivity index (χ1n) is 6.77. The average molecular weight is 288 g/mol. The molecular weight excluding hydrogens is 268 g/mol. The van der Waals surface area contributed by atoms with E-state index in [1.165, 1.54) is 0 Å². The zero-order valence-corrected chi connectivity index (χ0v) is 12.2. The van der Waals surface area contributed by atoms with E-state index in [1.54, 1.807) is 18.7 Å². The zero-order chi connectivity index (χ0) is 15.1. The van der Waals surface area contributed by atoms with Gasteiger partial charge in [0, 0.05) is 25.5 Å². The van der Waals surface area contributed by atoms with Gasteiger partial charge in [-0.15, -0.1) is 0 Å². The Bertz CT molecular complexity index is 540. The molecule has 2 rings (SSSR count). The van der Waals surface area contributed by atoms with Gasteiger partial charge in [-0.25, -0.2) is 4.79 Å². The van der Waals surface area contributed by atoms with Crippen LogP contribution in [0, 0.1) is 0 Å². The van der Waals surface area contributed by atoms with Crippen LogP contribution in [0.1, 0.15) is 17.4 Å². The van der Waals surface area contributed by atoms with Crippen molar-refractivity contribution in [1.82, 2.24) is 20.5 Å². The van der Waals surface area contributed by atoms with Crippen LogP contribution in [0.5, 0.6) is 0 Å². The van der Waals surface area contributed by atoms with Crippen molar-refractivity contribution >= 4 is 6.03 Å². The van der Waals surface area contributed by atoms with E-state index < -0.39 is 0 Å². The van der Waals surface area contributed by atoms with Crippen LogP contribution in [0.4, 0.5) is 4.79 Å². The van der Waals surface area contributed by atoms with Crippen LogP contribution < -0.4 is 10.6 Å². The molecule has 0 unspecified atom stereocenters. The van der Waals surface area contributed by atoms with Crippen LogP contribution in [0.15, 0.2) is 47.3 Å². The summed E-state index contributed by atoms with van der Waals surface area (Å²) in [4.78, 5) is 17.8. The minimum atomic E-state index is -0.211. The van der Waals surface area contributed by atoms with E-state index in [0.29, 0.717) is 13.1 Å². The minimum absolute atomic E-state index is 0.00384. The van der Waals surface area contributed by atoms with E-state index in [2.05, 4.69) is 15.6 Å². The molecule has 6 nitrogen and oxygen atoms in total. The zero-order valence-electron chi connectivity index (χ0n) is 12.2. The highest BCUT2D eigenvalue weighted by molar-refractivity contribution is 5.73. The quantitative estimate of drug-likeness (QED) is 0.850. The molecule has 2 aromatic rings. The van der Waals surface area contributed by atoms with Crippen LogP contribution in [0.3, 0.4) is 0 Å². The summed E-state index contributed by atoms with van der Waals surface area (Å²) in [6.07, 6.45) is 5.06. The number of likely N-dealkylation sites (N-methyl/N-ethyl adjacent to an activating group) is 1. The maximum Gasteiger partial charge on any atom is 0.315 e. The fourth-order valence-corrected chi connectivity index (χ4v) is 1.96. The number of rotatable bonds is 6. The van der Waals surface area contributed by atoms with Crippen molar-refractivity contribution in [1.29, 1.82) is 0 Å². The lowest BCUT2D eigenvalue weighted by molar-refractivity contribution is 0.225. The number of nitrogens with zero attached hydrogens (tertiary/aromatic N) is 2. The Hall–Kier alpha value is -2.34. The van der Waals surface area contributed by atoms with Crippen molar-refractivity contribution in [3.8, 4) is 0 Å². The van der Waals surface area contributed by atoms with Crippen LogP contribution in [-0.4, -0.2) is 36.6 Å². The monoisotopic (exact) mass is 288 g/mol. The number of urea groups is 1. The largest absolute Gasteiger partial charge is 0.468 e. The van der Waals surface area contributed by atoms with Gasteiger partial charge in [0.2, 0.25) is 0 Å². The molecule has 0 radical (unpaired) electrons. The number of hydrogen-bond acceptors (Lipinski definition) is 4. The molecule has 0 saturated heterocycles. The lowest BCUT2D eigenvalue weighted by Crippen LogP contribution is -2.40. The third-order valence-corrected chi connectivity index (χ3v) is 3.13. The number of carbonyl (C=O) groups excluding carboxylic acids is 1. The van der Waals surface area contributed by atoms with Gasteiger partial charge in [-0.3, -0.25) is 9.88 Å². The number of nitrogens with one attached hydrogen (secondary N) is 2. The lowest BCUT2D eigenvalue weighted by Gasteiger charge is -2.22. The predicted octanol–water partition coefficient (Wildman–Crippen LogP) is 1.78. The number of furan rings is 1. The van der Waals surface area contributed by atoms with Crippen LogP contribution in [-0.2, 0) is 6.54 Å². The lowest BCUT2D eigenvalue weighted by atomic mass is 10.2. The first-order valence-corrected chi connectivity index (χ1v) is 6.77. The second-order valence-electron chi connectivity index (χ2n) is 4.92. The Morgan fingerprint density at radius 1 is 1.33 bits per heavy atom. The molecule has 0 saturated carbocycles. The summed E-state index contributed by atoms with van der Waals surface area (Å²) in [5, 5.41) is 5.65. The van der Waals surface area contributed by atoms with Crippen molar-refractivity contribution in [3.63, 3.8) is 0 Å². The number of hydrogen-bond donors (Lipinski definition) is 2. The summed E-state index contributed by atoms with van der Waals surface area (Å²) >= 11 is 0. The van der Waals surface area contributed by atoms with E-state index in [9.17, 15) is 4.79 Å². The second kappa shape index (κ2) is 7.44. The molecular formula is C15H20N4O2. The normalized spacial score (nSPS) is 12.1. The summed E-state index contributed by atoms with van der Waals surface area (Å²) in [6.45, 7) is 0.923. The Morgan fingerprint density at radius 2 is 2.19 bits per heavy atom. The van der Waals surface area contributed by atoms with Crippen molar-refractivity contribution in [2.24, 2.45) is 0 Å². The number of aromatic nitrogens is 1. The smallest absolute Gasteiger partial charge is 0.315 e. The fraction of sp³-hybridized carbons (Fsp3) is 0.333. The van der Waals surface area contributed by atoms with Gasteiger partial charge >= 0.3 is 6.03 Å². The SMILES string of the molecule is CN(C)[C@H](CNC(=O)NCc1cccnc1)c1ccco1. The first-order chi connectivity index (χ1) is 10.2. The van der Waals surface area contributed by atoms with Gasteiger partial charge < -0.3 is 15.1 Å². The summed E-state index contributed by atoms with van der Waals surface area (Å²) in [7, 11) is 3.89. The molecule has 0 spiro atoms. The van der Waals surface area contributed by atoms with E-state index in [1.807, 2.05) is 43.3 Å². The van der Waals surface area contributed by atoms with Crippen molar-refractivity contribution in [2.75, 3.05) is 20.6 Å². The minimum Gasteiger partial charge on any atom is -0.468 e. The molecule has 0 fully saturated rings. The highest BCUT2D eigenvalue weighted by Gasteiger charge is 2.17. The number of pyridine rings is 1.